The number of anilines is 1. The van der Waals surface area contributed by atoms with E-state index in [2.05, 4.69) is 34.0 Å². The number of hydrogen-bond acceptors (Lipinski definition) is 6. The van der Waals surface area contributed by atoms with Gasteiger partial charge in [0.1, 0.15) is 18.0 Å². The van der Waals surface area contributed by atoms with E-state index in [0.717, 1.165) is 38.7 Å². The Balaban J connectivity index is 1.18. The Morgan fingerprint density at radius 3 is 2.27 bits per heavy atom. The molecule has 0 aliphatic carbocycles. The van der Waals surface area contributed by atoms with Crippen LogP contribution in [0.1, 0.15) is 27.0 Å². The fourth-order valence-electron chi connectivity index (χ4n) is 7.57. The van der Waals surface area contributed by atoms with E-state index in [1.807, 2.05) is 103 Å². The van der Waals surface area contributed by atoms with Crippen LogP contribution in [0, 0.1) is 0 Å². The Morgan fingerprint density at radius 1 is 0.847 bits per heavy atom. The molecule has 1 saturated heterocycles. The molecule has 1 aliphatic heterocycles. The van der Waals surface area contributed by atoms with Gasteiger partial charge in [0.05, 0.1) is 18.6 Å². The van der Waals surface area contributed by atoms with Crippen LogP contribution in [0.25, 0.3) is 22.0 Å². The van der Waals surface area contributed by atoms with Gasteiger partial charge < -0.3 is 40.7 Å². The van der Waals surface area contributed by atoms with Crippen LogP contribution >= 0.6 is 0 Å². The fraction of sp³-hybridized carbons (Fsp3) is 0.191. The van der Waals surface area contributed by atoms with Gasteiger partial charge in [-0.3, -0.25) is 14.4 Å². The summed E-state index contributed by atoms with van der Waals surface area (Å²) in [4.78, 5) is 58.2. The monoisotopic (exact) mass is 789 g/mol. The normalized spacial score (nSPS) is 15.2. The van der Waals surface area contributed by atoms with Gasteiger partial charge in [-0.1, -0.05) is 97.1 Å². The number of para-hydroxylation sites is 1. The van der Waals surface area contributed by atoms with Crippen LogP contribution in [0.4, 0.5) is 10.5 Å². The molecule has 0 unspecified atom stereocenters. The molecule has 1 aromatic heterocycles. The highest BCUT2D eigenvalue weighted by Crippen LogP contribution is 2.34. The molecule has 1 aliphatic rings. The predicted octanol–water partition coefficient (Wildman–Crippen LogP) is 6.19. The molecule has 5 amide bonds. The van der Waals surface area contributed by atoms with Gasteiger partial charge in [-0.15, -0.1) is 6.58 Å². The molecule has 2 atom stereocenters. The number of nitrogens with one attached hydrogen (secondary N) is 4. The van der Waals surface area contributed by atoms with Crippen molar-refractivity contribution in [3.05, 3.63) is 168 Å². The molecule has 0 spiro atoms. The van der Waals surface area contributed by atoms with Crippen molar-refractivity contribution in [2.45, 2.75) is 31.7 Å². The van der Waals surface area contributed by atoms with Crippen molar-refractivity contribution in [2.24, 2.45) is 7.05 Å². The second-order valence-electron chi connectivity index (χ2n) is 14.5. The zero-order chi connectivity index (χ0) is 41.3. The Kier molecular flexibility index (Phi) is 12.5. The molecule has 5 aromatic carbocycles. The Hall–Kier alpha value is -7.18. The summed E-state index contributed by atoms with van der Waals surface area (Å²) in [6, 6.07) is 37.4. The largest absolute Gasteiger partial charge is 0.508 e. The first-order valence-corrected chi connectivity index (χ1v) is 19.5. The first-order chi connectivity index (χ1) is 28.7. The number of fused-ring (bicyclic) bond motifs is 1. The topological polar surface area (TPSA) is 148 Å². The number of carbonyl (C=O) groups is 4. The summed E-state index contributed by atoms with van der Waals surface area (Å²) < 4.78 is 2.04. The number of piperazine rings is 1. The van der Waals surface area contributed by atoms with E-state index >= 15 is 0 Å². The minimum absolute atomic E-state index is 0.0424. The van der Waals surface area contributed by atoms with Gasteiger partial charge >= 0.3 is 6.03 Å². The molecule has 7 rings (SSSR count). The SMILES string of the molecule is C=CCNCC(=O)N1[C@@H](NC(=O)NCc2ccccc2)CN(Cc2cccc3c(-c4ccc(NC(=O)c5ccccc5)cc4)cn(C)c23)C(=O)[C@@H]1Cc1ccc(O)cc1. The first kappa shape index (κ1) is 40.0. The molecule has 0 bridgehead atoms. The number of amides is 5. The summed E-state index contributed by atoms with van der Waals surface area (Å²) >= 11 is 0. The predicted molar refractivity (Wildman–Crippen MR) is 229 cm³/mol. The fourth-order valence-corrected chi connectivity index (χ4v) is 7.57. The minimum Gasteiger partial charge on any atom is -0.508 e. The maximum Gasteiger partial charge on any atom is 0.316 e. The Morgan fingerprint density at radius 2 is 1.56 bits per heavy atom. The maximum absolute atomic E-state index is 14.7. The van der Waals surface area contributed by atoms with Crippen molar-refractivity contribution >= 4 is 40.3 Å². The van der Waals surface area contributed by atoms with E-state index in [0.29, 0.717) is 17.8 Å². The lowest BCUT2D eigenvalue weighted by Gasteiger charge is -2.46. The second kappa shape index (κ2) is 18.4. The smallest absolute Gasteiger partial charge is 0.316 e. The van der Waals surface area contributed by atoms with E-state index in [9.17, 15) is 24.3 Å². The number of aromatic hydroxyl groups is 1. The Bertz CT molecular complexity index is 2430. The number of benzene rings is 5. The van der Waals surface area contributed by atoms with Gasteiger partial charge in [0, 0.05) is 61.5 Å². The number of carbonyl (C=O) groups excluding carboxylic acids is 4. The lowest BCUT2D eigenvalue weighted by atomic mass is 9.98. The van der Waals surface area contributed by atoms with Gasteiger partial charge in [0.25, 0.3) is 5.91 Å². The molecule has 0 saturated carbocycles. The van der Waals surface area contributed by atoms with Crippen LogP contribution in [0.5, 0.6) is 5.75 Å². The van der Waals surface area contributed by atoms with E-state index in [1.54, 1.807) is 47.4 Å². The van der Waals surface area contributed by atoms with Crippen LogP contribution in [0.15, 0.2) is 146 Å². The highest BCUT2D eigenvalue weighted by Gasteiger charge is 2.44. The van der Waals surface area contributed by atoms with Crippen molar-refractivity contribution in [3.63, 3.8) is 0 Å². The van der Waals surface area contributed by atoms with E-state index < -0.39 is 18.2 Å². The molecule has 0 radical (unpaired) electrons. The molecule has 5 N–H and O–H groups in total. The van der Waals surface area contributed by atoms with Gasteiger partial charge in [-0.25, -0.2) is 4.79 Å². The van der Waals surface area contributed by atoms with Crippen LogP contribution < -0.4 is 21.3 Å². The quantitative estimate of drug-likeness (QED) is 0.0658. The molecule has 2 heterocycles. The third-order valence-electron chi connectivity index (χ3n) is 10.4. The summed E-state index contributed by atoms with van der Waals surface area (Å²) in [5.74, 6) is -0.718. The summed E-state index contributed by atoms with van der Waals surface area (Å²) in [6.45, 7) is 4.57. The van der Waals surface area contributed by atoms with Crippen molar-refractivity contribution in [1.29, 1.82) is 0 Å². The summed E-state index contributed by atoms with van der Waals surface area (Å²) in [5, 5.41) is 22.9. The maximum atomic E-state index is 14.7. The van der Waals surface area contributed by atoms with Gasteiger partial charge in [-0.2, -0.15) is 0 Å². The number of aromatic nitrogens is 1. The van der Waals surface area contributed by atoms with Crippen LogP contribution in [-0.4, -0.2) is 75.1 Å². The third-order valence-corrected chi connectivity index (χ3v) is 10.4. The molecule has 12 nitrogen and oxygen atoms in total. The highest BCUT2D eigenvalue weighted by atomic mass is 16.3. The van der Waals surface area contributed by atoms with Crippen LogP contribution in [-0.2, 0) is 36.1 Å². The van der Waals surface area contributed by atoms with E-state index in [1.165, 1.54) is 4.90 Å². The zero-order valence-corrected chi connectivity index (χ0v) is 32.8. The van der Waals surface area contributed by atoms with Gasteiger partial charge in [0.15, 0.2) is 0 Å². The molecular formula is C47H47N7O5. The van der Waals surface area contributed by atoms with Crippen LogP contribution in [0.2, 0.25) is 0 Å². The lowest BCUT2D eigenvalue weighted by Crippen LogP contribution is -2.69. The van der Waals surface area contributed by atoms with Crippen molar-refractivity contribution in [2.75, 3.05) is 25.0 Å². The second-order valence-corrected chi connectivity index (χ2v) is 14.5. The number of phenolic OH excluding ortho intramolecular Hbond substituents is 1. The first-order valence-electron chi connectivity index (χ1n) is 19.5. The van der Waals surface area contributed by atoms with Gasteiger partial charge in [-0.05, 0) is 58.7 Å². The Labute approximate surface area is 343 Å². The summed E-state index contributed by atoms with van der Waals surface area (Å²) in [6.07, 6.45) is 2.99. The standard InChI is InChI=1S/C47H47N7O5/c1-3-25-48-28-43(56)54-41(26-32-17-23-38(55)24-18-32)46(58)53(31-42(54)51-47(59)49-27-33-11-6-4-7-12-33)29-36-15-10-16-39-40(30-52(2)44(36)39)34-19-21-37(22-20-34)50-45(57)35-13-8-5-9-14-35/h3-24,30,41-42,48,55H,1,25-29,31H2,2H3,(H,50,57)(H2,49,51,59)/t41-,42+/m0/s1. The van der Waals surface area contributed by atoms with E-state index in [-0.39, 0.29) is 56.1 Å². The summed E-state index contributed by atoms with van der Waals surface area (Å²) in [7, 11) is 1.97. The lowest BCUT2D eigenvalue weighted by molar-refractivity contribution is -0.156. The van der Waals surface area contributed by atoms with Crippen molar-refractivity contribution in [3.8, 4) is 16.9 Å². The molecule has 300 valence electrons. The number of phenols is 1. The van der Waals surface area contributed by atoms with Gasteiger partial charge in [0.2, 0.25) is 11.8 Å². The summed E-state index contributed by atoms with van der Waals surface area (Å²) in [5.41, 5.74) is 6.67. The molecule has 1 fully saturated rings. The third kappa shape index (κ3) is 9.52. The number of aryl methyl sites for hydroxylation is 1. The highest BCUT2D eigenvalue weighted by molar-refractivity contribution is 6.04. The molecular weight excluding hydrogens is 743 g/mol. The van der Waals surface area contributed by atoms with Crippen molar-refractivity contribution < 1.29 is 24.3 Å². The molecule has 12 heteroatoms. The number of hydrogen-bond donors (Lipinski definition) is 5. The average molecular weight is 790 g/mol. The number of rotatable bonds is 14. The van der Waals surface area contributed by atoms with Crippen LogP contribution in [0.3, 0.4) is 0 Å². The number of urea groups is 1. The molecule has 6 aromatic rings. The zero-order valence-electron chi connectivity index (χ0n) is 32.8. The minimum atomic E-state index is -0.963. The van der Waals surface area contributed by atoms with Crippen molar-refractivity contribution in [1.82, 2.24) is 30.3 Å². The molecule has 59 heavy (non-hydrogen) atoms. The average Bonchev–Trinajstić information content (AvgIpc) is 3.60. The van der Waals surface area contributed by atoms with E-state index in [4.69, 9.17) is 0 Å². The number of nitrogens with zero attached hydrogens (tertiary/aromatic N) is 3.